The molecule has 0 unspecified atom stereocenters. The van der Waals surface area contributed by atoms with Gasteiger partial charge in [-0.05, 0) is 75.3 Å². The quantitative estimate of drug-likeness (QED) is 0.684. The van der Waals surface area contributed by atoms with Crippen molar-refractivity contribution in [3.05, 3.63) is 65.5 Å². The summed E-state index contributed by atoms with van der Waals surface area (Å²) in [7, 11) is 2.10. The number of hydrogen-bond donors (Lipinski definition) is 1. The van der Waals surface area contributed by atoms with E-state index >= 15 is 0 Å². The van der Waals surface area contributed by atoms with Gasteiger partial charge in [-0.3, -0.25) is 0 Å². The third-order valence-corrected chi connectivity index (χ3v) is 5.51. The van der Waals surface area contributed by atoms with Crippen LogP contribution in [0.2, 0.25) is 0 Å². The SMILES string of the molecule is CC#CCOc1ccc(CNC(=O)N(Cc2ccc(F)cc2)C2CCN(C)CC2)cc1. The van der Waals surface area contributed by atoms with Gasteiger partial charge >= 0.3 is 6.03 Å². The van der Waals surface area contributed by atoms with Gasteiger partial charge < -0.3 is 19.9 Å². The first-order valence-corrected chi connectivity index (χ1v) is 10.6. The fourth-order valence-electron chi connectivity index (χ4n) is 3.63. The lowest BCUT2D eigenvalue weighted by Crippen LogP contribution is -2.49. The predicted molar refractivity (Wildman–Crippen MR) is 120 cm³/mol. The second-order valence-corrected chi connectivity index (χ2v) is 7.81. The molecule has 0 aromatic heterocycles. The van der Waals surface area contributed by atoms with Crippen LogP contribution in [0.3, 0.4) is 0 Å². The van der Waals surface area contributed by atoms with E-state index in [1.165, 1.54) is 12.1 Å². The second kappa shape index (κ2) is 11.4. The number of nitrogens with zero attached hydrogens (tertiary/aromatic N) is 2. The molecule has 0 atom stereocenters. The van der Waals surface area contributed by atoms with Crippen molar-refractivity contribution < 1.29 is 13.9 Å². The molecule has 1 N–H and O–H groups in total. The number of benzene rings is 2. The van der Waals surface area contributed by atoms with Crippen molar-refractivity contribution in [2.75, 3.05) is 26.7 Å². The number of amides is 2. The molecule has 2 aromatic carbocycles. The van der Waals surface area contributed by atoms with Gasteiger partial charge in [-0.2, -0.15) is 0 Å². The highest BCUT2D eigenvalue weighted by Gasteiger charge is 2.27. The summed E-state index contributed by atoms with van der Waals surface area (Å²) >= 11 is 0. The van der Waals surface area contributed by atoms with E-state index in [1.54, 1.807) is 19.1 Å². The van der Waals surface area contributed by atoms with Crippen molar-refractivity contribution in [2.24, 2.45) is 0 Å². The number of halogens is 1. The molecule has 164 valence electrons. The minimum atomic E-state index is -0.270. The molecule has 0 bridgehead atoms. The van der Waals surface area contributed by atoms with Gasteiger partial charge in [0.25, 0.3) is 0 Å². The number of carbonyl (C=O) groups excluding carboxylic acids is 1. The van der Waals surface area contributed by atoms with E-state index in [-0.39, 0.29) is 17.9 Å². The van der Waals surface area contributed by atoms with Crippen LogP contribution in [0.5, 0.6) is 5.75 Å². The van der Waals surface area contributed by atoms with Gasteiger partial charge in [0.15, 0.2) is 0 Å². The number of ether oxygens (including phenoxy) is 1. The van der Waals surface area contributed by atoms with E-state index in [2.05, 4.69) is 29.1 Å². The van der Waals surface area contributed by atoms with E-state index in [1.807, 2.05) is 29.2 Å². The number of likely N-dealkylation sites (tertiary alicyclic amines) is 1. The molecule has 2 aromatic rings. The minimum Gasteiger partial charge on any atom is -0.481 e. The van der Waals surface area contributed by atoms with Crippen LogP contribution in [0.1, 0.15) is 30.9 Å². The van der Waals surface area contributed by atoms with Crippen LogP contribution in [0.25, 0.3) is 0 Å². The van der Waals surface area contributed by atoms with Crippen LogP contribution in [-0.2, 0) is 13.1 Å². The fourth-order valence-corrected chi connectivity index (χ4v) is 3.63. The Morgan fingerprint density at radius 2 is 1.77 bits per heavy atom. The molecule has 1 aliphatic heterocycles. The maximum Gasteiger partial charge on any atom is 0.318 e. The molecule has 1 fully saturated rings. The van der Waals surface area contributed by atoms with Gasteiger partial charge in [0.1, 0.15) is 18.2 Å². The van der Waals surface area contributed by atoms with Crippen LogP contribution in [0.4, 0.5) is 9.18 Å². The Morgan fingerprint density at radius 1 is 1.13 bits per heavy atom. The van der Waals surface area contributed by atoms with E-state index in [0.29, 0.717) is 19.7 Å². The molecule has 0 aliphatic carbocycles. The van der Waals surface area contributed by atoms with Crippen LogP contribution in [0.15, 0.2) is 48.5 Å². The molecule has 5 nitrogen and oxygen atoms in total. The lowest BCUT2D eigenvalue weighted by Gasteiger charge is -2.37. The summed E-state index contributed by atoms with van der Waals surface area (Å²) < 4.78 is 18.8. The number of piperidine rings is 1. The lowest BCUT2D eigenvalue weighted by atomic mass is 10.0. The van der Waals surface area contributed by atoms with Crippen molar-refractivity contribution in [1.29, 1.82) is 0 Å². The van der Waals surface area contributed by atoms with E-state index < -0.39 is 0 Å². The molecule has 6 heteroatoms. The number of rotatable bonds is 7. The Balaban J connectivity index is 1.61. The highest BCUT2D eigenvalue weighted by Crippen LogP contribution is 2.19. The van der Waals surface area contributed by atoms with Gasteiger partial charge in [0.05, 0.1) is 0 Å². The minimum absolute atomic E-state index is 0.0996. The normalized spacial score (nSPS) is 14.4. The fraction of sp³-hybridized carbons (Fsp3) is 0.400. The molecular weight excluding hydrogens is 393 g/mol. The summed E-state index contributed by atoms with van der Waals surface area (Å²) in [6, 6.07) is 14.1. The van der Waals surface area contributed by atoms with Gasteiger partial charge in [0.2, 0.25) is 0 Å². The molecule has 0 spiro atoms. The zero-order valence-electron chi connectivity index (χ0n) is 18.2. The van der Waals surface area contributed by atoms with Gasteiger partial charge in [-0.25, -0.2) is 9.18 Å². The number of hydrogen-bond acceptors (Lipinski definition) is 3. The molecule has 0 saturated carbocycles. The summed E-state index contributed by atoms with van der Waals surface area (Å²) in [5, 5.41) is 3.05. The first kappa shape index (κ1) is 22.6. The van der Waals surface area contributed by atoms with Crippen molar-refractivity contribution in [1.82, 2.24) is 15.1 Å². The maximum atomic E-state index is 13.3. The average molecular weight is 424 g/mol. The van der Waals surface area contributed by atoms with Crippen molar-refractivity contribution in [3.8, 4) is 17.6 Å². The first-order valence-electron chi connectivity index (χ1n) is 10.6. The standard InChI is InChI=1S/C25H30FN3O2/c1-3-4-17-31-24-11-7-20(8-12-24)18-27-25(30)29(23-13-15-28(2)16-14-23)19-21-5-9-22(26)10-6-21/h5-12,23H,13-19H2,1-2H3,(H,27,30). The van der Waals surface area contributed by atoms with Crippen molar-refractivity contribution >= 4 is 6.03 Å². The van der Waals surface area contributed by atoms with Crippen LogP contribution < -0.4 is 10.1 Å². The van der Waals surface area contributed by atoms with Crippen LogP contribution >= 0.6 is 0 Å². The Kier molecular flexibility index (Phi) is 8.31. The molecule has 31 heavy (non-hydrogen) atoms. The summed E-state index contributed by atoms with van der Waals surface area (Å²) in [4.78, 5) is 17.3. The molecule has 1 saturated heterocycles. The monoisotopic (exact) mass is 423 g/mol. The largest absolute Gasteiger partial charge is 0.481 e. The predicted octanol–water partition coefficient (Wildman–Crippen LogP) is 4.03. The number of urea groups is 1. The summed E-state index contributed by atoms with van der Waals surface area (Å²) in [6.07, 6.45) is 1.86. The molecular formula is C25H30FN3O2. The third-order valence-electron chi connectivity index (χ3n) is 5.51. The van der Waals surface area contributed by atoms with Crippen LogP contribution in [0, 0.1) is 17.7 Å². The lowest BCUT2D eigenvalue weighted by molar-refractivity contribution is 0.127. The zero-order valence-corrected chi connectivity index (χ0v) is 18.2. The highest BCUT2D eigenvalue weighted by molar-refractivity contribution is 5.74. The van der Waals surface area contributed by atoms with E-state index in [0.717, 1.165) is 42.8 Å². The zero-order chi connectivity index (χ0) is 22.1. The number of nitrogens with one attached hydrogen (secondary N) is 1. The van der Waals surface area contributed by atoms with E-state index in [4.69, 9.17) is 4.74 Å². The maximum absolute atomic E-state index is 13.3. The van der Waals surface area contributed by atoms with Gasteiger partial charge in [0, 0.05) is 19.1 Å². The Morgan fingerprint density at radius 3 is 2.42 bits per heavy atom. The second-order valence-electron chi connectivity index (χ2n) is 7.81. The molecule has 0 radical (unpaired) electrons. The van der Waals surface area contributed by atoms with Crippen molar-refractivity contribution in [2.45, 2.75) is 38.9 Å². The van der Waals surface area contributed by atoms with Crippen LogP contribution in [-0.4, -0.2) is 48.6 Å². The average Bonchev–Trinajstić information content (AvgIpc) is 2.79. The van der Waals surface area contributed by atoms with Gasteiger partial charge in [-0.15, -0.1) is 5.92 Å². The summed E-state index contributed by atoms with van der Waals surface area (Å²) in [5.41, 5.74) is 1.92. The summed E-state index contributed by atoms with van der Waals surface area (Å²) in [5.74, 6) is 6.14. The molecule has 3 rings (SSSR count). The molecule has 1 heterocycles. The van der Waals surface area contributed by atoms with Gasteiger partial charge in [-0.1, -0.05) is 30.2 Å². The molecule has 1 aliphatic rings. The van der Waals surface area contributed by atoms with E-state index in [9.17, 15) is 9.18 Å². The first-order chi connectivity index (χ1) is 15.0. The third kappa shape index (κ3) is 7.01. The Bertz CT molecular complexity index is 895. The topological polar surface area (TPSA) is 44.8 Å². The highest BCUT2D eigenvalue weighted by atomic mass is 19.1. The number of carbonyl (C=O) groups is 1. The smallest absolute Gasteiger partial charge is 0.318 e. The van der Waals surface area contributed by atoms with Crippen molar-refractivity contribution in [3.63, 3.8) is 0 Å². The Labute approximate surface area is 184 Å². The summed E-state index contributed by atoms with van der Waals surface area (Å²) in [6.45, 7) is 4.96. The Hall–Kier alpha value is -3.04. The molecule has 2 amide bonds.